The number of methoxy groups -OCH3 is 2. The van der Waals surface area contributed by atoms with Crippen LogP contribution in [0.15, 0.2) is 59.9 Å². The van der Waals surface area contributed by atoms with Crippen molar-refractivity contribution in [2.45, 2.75) is 38.5 Å². The van der Waals surface area contributed by atoms with Gasteiger partial charge in [0.05, 0.1) is 27.4 Å². The molecule has 0 bridgehead atoms. The quantitative estimate of drug-likeness (QED) is 0.0667. The maximum absolute atomic E-state index is 13.0. The summed E-state index contributed by atoms with van der Waals surface area (Å²) < 4.78 is 21.8. The third-order valence-electron chi connectivity index (χ3n) is 6.02. The number of benzene rings is 2. The number of carbonyl (C=O) groups excluding carboxylic acids is 1. The first-order chi connectivity index (χ1) is 21.0. The van der Waals surface area contributed by atoms with Crippen molar-refractivity contribution in [2.75, 3.05) is 27.4 Å². The molecule has 0 heterocycles. The van der Waals surface area contributed by atoms with Crippen LogP contribution in [0.2, 0.25) is 0 Å². The van der Waals surface area contributed by atoms with E-state index in [2.05, 4.69) is 0 Å². The lowest BCUT2D eigenvalue weighted by atomic mass is 10.0. The first kappa shape index (κ1) is 34.9. The molecule has 0 fully saturated rings. The highest BCUT2D eigenvalue weighted by atomic mass is 16.5. The highest BCUT2D eigenvalue weighted by molar-refractivity contribution is 6.07. The van der Waals surface area contributed by atoms with E-state index in [4.69, 9.17) is 34.3 Å². The summed E-state index contributed by atoms with van der Waals surface area (Å²) in [5.74, 6) is -2.41. The summed E-state index contributed by atoms with van der Waals surface area (Å²) in [6, 6.07) is 9.81. The van der Waals surface area contributed by atoms with E-state index in [1.54, 1.807) is 36.4 Å². The Kier molecular flexibility index (Phi) is 14.5. The number of carboxylic acids is 3. The van der Waals surface area contributed by atoms with Crippen molar-refractivity contribution in [1.82, 2.24) is 0 Å². The maximum Gasteiger partial charge on any atom is 0.303 e. The minimum atomic E-state index is -1.14. The number of hydrogen-bond acceptors (Lipinski definition) is 9. The van der Waals surface area contributed by atoms with Crippen molar-refractivity contribution in [1.29, 1.82) is 0 Å². The molecule has 2 rings (SSSR count). The second kappa shape index (κ2) is 18.3. The molecule has 4 N–H and O–H groups in total. The lowest BCUT2D eigenvalue weighted by molar-refractivity contribution is -0.138. The van der Waals surface area contributed by atoms with Gasteiger partial charge in [-0.3, -0.25) is 19.2 Å². The summed E-state index contributed by atoms with van der Waals surface area (Å²) >= 11 is 0. The van der Waals surface area contributed by atoms with Crippen LogP contribution in [0.5, 0.6) is 23.0 Å². The Morgan fingerprint density at radius 3 is 1.50 bits per heavy atom. The first-order valence-electron chi connectivity index (χ1n) is 13.6. The Morgan fingerprint density at radius 2 is 1.07 bits per heavy atom. The van der Waals surface area contributed by atoms with E-state index in [1.165, 1.54) is 38.5 Å². The molecule has 0 saturated heterocycles. The predicted octanol–water partition coefficient (Wildman–Crippen LogP) is 5.16. The molecule has 0 amide bonds. The smallest absolute Gasteiger partial charge is 0.303 e. The van der Waals surface area contributed by atoms with E-state index in [0.29, 0.717) is 47.0 Å². The van der Waals surface area contributed by atoms with E-state index in [0.717, 1.165) is 0 Å². The molecular weight excluding hydrogens is 576 g/mol. The van der Waals surface area contributed by atoms with E-state index in [9.17, 15) is 24.3 Å². The van der Waals surface area contributed by atoms with Crippen LogP contribution in [0.25, 0.3) is 12.2 Å². The number of aliphatic hydroxyl groups excluding tert-OH is 1. The van der Waals surface area contributed by atoms with Crippen LogP contribution in [0, 0.1) is 0 Å². The van der Waals surface area contributed by atoms with Crippen LogP contribution in [-0.4, -0.2) is 71.6 Å². The topological polar surface area (TPSA) is 186 Å². The van der Waals surface area contributed by atoms with E-state index in [-0.39, 0.29) is 44.5 Å². The molecule has 0 aliphatic heterocycles. The molecule has 12 nitrogen and oxygen atoms in total. The first-order valence-corrected chi connectivity index (χ1v) is 13.6. The van der Waals surface area contributed by atoms with Gasteiger partial charge in [-0.1, -0.05) is 24.3 Å². The van der Waals surface area contributed by atoms with Gasteiger partial charge in [0.25, 0.3) is 0 Å². The van der Waals surface area contributed by atoms with Gasteiger partial charge in [0.15, 0.2) is 28.8 Å². The number of rotatable bonds is 20. The molecule has 0 spiro atoms. The van der Waals surface area contributed by atoms with Crippen molar-refractivity contribution >= 4 is 35.8 Å². The number of allylic oxidation sites excluding steroid dienone is 3. The van der Waals surface area contributed by atoms with Crippen molar-refractivity contribution < 1.29 is 58.6 Å². The van der Waals surface area contributed by atoms with Crippen LogP contribution in [0.1, 0.15) is 49.7 Å². The van der Waals surface area contributed by atoms with Crippen molar-refractivity contribution in [3.05, 3.63) is 71.0 Å². The van der Waals surface area contributed by atoms with E-state index in [1.807, 2.05) is 0 Å². The van der Waals surface area contributed by atoms with Crippen LogP contribution < -0.4 is 18.9 Å². The fourth-order valence-corrected chi connectivity index (χ4v) is 3.78. The zero-order chi connectivity index (χ0) is 32.5. The predicted molar refractivity (Wildman–Crippen MR) is 160 cm³/mol. The van der Waals surface area contributed by atoms with Gasteiger partial charge in [-0.25, -0.2) is 0 Å². The second-order valence-electron chi connectivity index (χ2n) is 9.30. The number of aliphatic carboxylic acids is 3. The van der Waals surface area contributed by atoms with Crippen LogP contribution in [0.4, 0.5) is 0 Å². The highest BCUT2D eigenvalue weighted by Gasteiger charge is 2.14. The molecule has 0 unspecified atom stereocenters. The Hall–Kier alpha value is -5.26. The lowest BCUT2D eigenvalue weighted by Gasteiger charge is -2.11. The maximum atomic E-state index is 13.0. The van der Waals surface area contributed by atoms with Crippen LogP contribution in [0.3, 0.4) is 0 Å². The molecule has 236 valence electrons. The van der Waals surface area contributed by atoms with Gasteiger partial charge in [0, 0.05) is 24.8 Å². The molecular formula is C32H36O12. The minimum Gasteiger partial charge on any atom is -0.508 e. The van der Waals surface area contributed by atoms with Gasteiger partial charge in [0.1, 0.15) is 5.76 Å². The van der Waals surface area contributed by atoms with Crippen molar-refractivity contribution in [3.63, 3.8) is 0 Å². The fraction of sp³-hybridized carbons (Fsp3) is 0.312. The Bertz CT molecular complexity index is 1400. The molecule has 0 radical (unpaired) electrons. The standard InChI is InChI=1S/C32H36O12/c1-41-28-19-21(9-14-26(28)43-17-3-5-30(35)36)7-12-24(33)23(11-16-32(39)40)25(34)13-8-22-10-15-27(29(20-22)42-2)44-18-4-6-31(37)38/h7-10,12-15,19-20,33H,3-6,11,16-18H2,1-2H3,(H,35,36)(H,37,38)(H,39,40)/b12-7+,13-8+,24-23-. The van der Waals surface area contributed by atoms with Gasteiger partial charge in [-0.05, 0) is 66.8 Å². The van der Waals surface area contributed by atoms with E-state index < -0.39 is 29.5 Å². The lowest BCUT2D eigenvalue weighted by Crippen LogP contribution is -2.06. The third kappa shape index (κ3) is 12.3. The van der Waals surface area contributed by atoms with E-state index >= 15 is 0 Å². The van der Waals surface area contributed by atoms with Gasteiger partial charge in [-0.2, -0.15) is 0 Å². The Labute approximate surface area is 254 Å². The number of hydrogen-bond donors (Lipinski definition) is 4. The molecule has 0 aromatic heterocycles. The van der Waals surface area contributed by atoms with Gasteiger partial charge in [-0.15, -0.1) is 0 Å². The van der Waals surface area contributed by atoms with Crippen molar-refractivity contribution in [2.24, 2.45) is 0 Å². The SMILES string of the molecule is COc1cc(/C=C/C(=O)/C(CCC(=O)O)=C(O)/C=C/c2ccc(OCCCC(=O)O)c(OC)c2)ccc1OCCCC(=O)O. The summed E-state index contributed by atoms with van der Waals surface area (Å²) in [6.45, 7) is 0.364. The van der Waals surface area contributed by atoms with Crippen LogP contribution >= 0.6 is 0 Å². The summed E-state index contributed by atoms with van der Waals surface area (Å²) in [4.78, 5) is 45.6. The minimum absolute atomic E-state index is 0.0279. The largest absolute Gasteiger partial charge is 0.508 e. The third-order valence-corrected chi connectivity index (χ3v) is 6.02. The number of carbonyl (C=O) groups is 4. The highest BCUT2D eigenvalue weighted by Crippen LogP contribution is 2.30. The summed E-state index contributed by atoms with van der Waals surface area (Å²) in [7, 11) is 2.88. The zero-order valence-corrected chi connectivity index (χ0v) is 24.5. The molecule has 0 aliphatic rings. The molecule has 44 heavy (non-hydrogen) atoms. The summed E-state index contributed by atoms with van der Waals surface area (Å²) in [5, 5.41) is 37.4. The monoisotopic (exact) mass is 612 g/mol. The van der Waals surface area contributed by atoms with Crippen LogP contribution in [-0.2, 0) is 19.2 Å². The van der Waals surface area contributed by atoms with Gasteiger partial charge < -0.3 is 39.4 Å². The Morgan fingerprint density at radius 1 is 0.614 bits per heavy atom. The number of carboxylic acid groups (broad SMARTS) is 3. The summed E-state index contributed by atoms with van der Waals surface area (Å²) in [6.07, 6.45) is 5.49. The van der Waals surface area contributed by atoms with Gasteiger partial charge >= 0.3 is 17.9 Å². The molecule has 0 saturated carbocycles. The zero-order valence-electron chi connectivity index (χ0n) is 24.5. The average Bonchev–Trinajstić information content (AvgIpc) is 2.99. The summed E-state index contributed by atoms with van der Waals surface area (Å²) in [5.41, 5.74) is 1.05. The normalized spacial score (nSPS) is 11.7. The second-order valence-corrected chi connectivity index (χ2v) is 9.30. The molecule has 0 aliphatic carbocycles. The molecule has 2 aromatic rings. The number of aliphatic hydroxyl groups is 1. The molecule has 0 atom stereocenters. The van der Waals surface area contributed by atoms with Gasteiger partial charge in [0.2, 0.25) is 0 Å². The number of ketones is 1. The average molecular weight is 613 g/mol. The van der Waals surface area contributed by atoms with Crippen molar-refractivity contribution in [3.8, 4) is 23.0 Å². The fourth-order valence-electron chi connectivity index (χ4n) is 3.78. The number of ether oxygens (including phenoxy) is 4. The molecule has 12 heteroatoms. The Balaban J connectivity index is 2.20. The molecule has 2 aromatic carbocycles.